The molecule has 1 aromatic heterocycles. The van der Waals surface area contributed by atoms with E-state index in [0.29, 0.717) is 29.1 Å². The zero-order chi connectivity index (χ0) is 20.4. The zero-order valence-corrected chi connectivity index (χ0v) is 18.1. The Balaban J connectivity index is 1.34. The number of thiazole rings is 1. The summed E-state index contributed by atoms with van der Waals surface area (Å²) in [6.07, 6.45) is 1.98. The van der Waals surface area contributed by atoms with Gasteiger partial charge in [0.25, 0.3) is 5.91 Å². The molecule has 150 valence electrons. The molecule has 6 heteroatoms. The lowest BCUT2D eigenvalue weighted by atomic mass is 9.99. The van der Waals surface area contributed by atoms with E-state index in [4.69, 9.17) is 11.6 Å². The normalized spacial score (nSPS) is 14.8. The van der Waals surface area contributed by atoms with Gasteiger partial charge in [0.15, 0.2) is 0 Å². The van der Waals surface area contributed by atoms with Crippen LogP contribution in [0.1, 0.15) is 40.7 Å². The first-order chi connectivity index (χ1) is 14.0. The Kier molecular flexibility index (Phi) is 5.99. The van der Waals surface area contributed by atoms with E-state index in [1.165, 1.54) is 15.4 Å². The molecule has 2 aromatic carbocycles. The first-order valence-electron chi connectivity index (χ1n) is 9.82. The summed E-state index contributed by atoms with van der Waals surface area (Å²) in [4.78, 5) is 20.6. The van der Waals surface area contributed by atoms with Crippen molar-refractivity contribution in [2.24, 2.45) is 0 Å². The monoisotopic (exact) mass is 425 g/mol. The van der Waals surface area contributed by atoms with Gasteiger partial charge in [0.05, 0.1) is 9.88 Å². The summed E-state index contributed by atoms with van der Waals surface area (Å²) >= 11 is 7.74. The van der Waals surface area contributed by atoms with Gasteiger partial charge in [-0.3, -0.25) is 9.69 Å². The molecule has 4 nitrogen and oxygen atoms in total. The molecule has 0 aliphatic carbocycles. The van der Waals surface area contributed by atoms with Crippen molar-refractivity contribution >= 4 is 28.8 Å². The lowest BCUT2D eigenvalue weighted by Crippen LogP contribution is -2.48. The fourth-order valence-corrected chi connectivity index (χ4v) is 4.60. The van der Waals surface area contributed by atoms with Gasteiger partial charge in [-0.05, 0) is 43.2 Å². The number of likely N-dealkylation sites (tertiary alicyclic amines) is 1. The highest BCUT2D eigenvalue weighted by Crippen LogP contribution is 2.35. The summed E-state index contributed by atoms with van der Waals surface area (Å²) in [5.74, 6) is 0.441. The lowest BCUT2D eigenvalue weighted by Gasteiger charge is -2.41. The van der Waals surface area contributed by atoms with Gasteiger partial charge >= 0.3 is 0 Å². The molecule has 1 aliphatic rings. The van der Waals surface area contributed by atoms with Gasteiger partial charge in [0.1, 0.15) is 0 Å². The number of hydrogen-bond donors (Lipinski definition) is 1. The van der Waals surface area contributed by atoms with Crippen LogP contribution in [0.4, 0.5) is 0 Å². The minimum Gasteiger partial charge on any atom is -0.348 e. The average Bonchev–Trinajstić information content (AvgIpc) is 3.14. The number of nitrogens with one attached hydrogen (secondary N) is 1. The number of hydrogen-bond acceptors (Lipinski definition) is 4. The predicted octanol–water partition coefficient (Wildman–Crippen LogP) is 5.20. The summed E-state index contributed by atoms with van der Waals surface area (Å²) in [6, 6.07) is 15.9. The Labute approximate surface area is 180 Å². The maximum Gasteiger partial charge on any atom is 0.251 e. The van der Waals surface area contributed by atoms with Crippen LogP contribution in [-0.2, 0) is 6.54 Å². The number of carbonyl (C=O) groups is 1. The number of carbonyl (C=O) groups excluding carboxylic acids is 1. The van der Waals surface area contributed by atoms with Crippen molar-refractivity contribution in [3.8, 4) is 10.4 Å². The van der Waals surface area contributed by atoms with E-state index in [0.717, 1.165) is 18.7 Å². The number of halogens is 1. The molecule has 4 rings (SSSR count). The fraction of sp³-hybridized carbons (Fsp3) is 0.304. The third-order valence-corrected chi connectivity index (χ3v) is 6.74. The van der Waals surface area contributed by atoms with Crippen LogP contribution in [0.2, 0.25) is 5.02 Å². The number of nitrogens with zero attached hydrogens (tertiary/aromatic N) is 2. The van der Waals surface area contributed by atoms with Gasteiger partial charge < -0.3 is 5.32 Å². The Hall–Kier alpha value is -2.21. The highest BCUT2D eigenvalue weighted by molar-refractivity contribution is 7.15. The van der Waals surface area contributed by atoms with E-state index >= 15 is 0 Å². The van der Waals surface area contributed by atoms with E-state index in [-0.39, 0.29) is 5.91 Å². The molecule has 0 radical (unpaired) electrons. The molecule has 29 heavy (non-hydrogen) atoms. The topological polar surface area (TPSA) is 45.2 Å². The summed E-state index contributed by atoms with van der Waals surface area (Å²) in [5, 5.41) is 4.73. The maximum absolute atomic E-state index is 12.2. The van der Waals surface area contributed by atoms with E-state index in [9.17, 15) is 4.79 Å². The van der Waals surface area contributed by atoms with Crippen LogP contribution in [-0.4, -0.2) is 34.9 Å². The standard InChI is InChI=1S/C23H24ClN3OS/c1-15(2)27-13-19(14-27)23-26-12-21(29-23)17-8-6-16(7-9-17)11-25-22(28)18-4-3-5-20(24)10-18/h3-10,12,15,19H,11,13-14H2,1-2H3,(H,25,28). The van der Waals surface area contributed by atoms with Crippen molar-refractivity contribution in [3.05, 3.63) is 75.9 Å². The Morgan fingerprint density at radius 3 is 2.69 bits per heavy atom. The van der Waals surface area contributed by atoms with E-state index in [1.807, 2.05) is 6.20 Å². The molecule has 3 aromatic rings. The molecule has 1 amide bonds. The summed E-state index contributed by atoms with van der Waals surface area (Å²) in [7, 11) is 0. The van der Waals surface area contributed by atoms with Crippen LogP contribution in [0, 0.1) is 0 Å². The zero-order valence-electron chi connectivity index (χ0n) is 16.6. The molecule has 0 bridgehead atoms. The van der Waals surface area contributed by atoms with E-state index in [1.54, 1.807) is 35.6 Å². The summed E-state index contributed by atoms with van der Waals surface area (Å²) in [6.45, 7) is 7.17. The molecule has 0 spiro atoms. The van der Waals surface area contributed by atoms with Crippen LogP contribution < -0.4 is 5.32 Å². The predicted molar refractivity (Wildman–Crippen MR) is 120 cm³/mol. The second kappa shape index (κ2) is 8.66. The van der Waals surface area contributed by atoms with Crippen LogP contribution in [0.25, 0.3) is 10.4 Å². The van der Waals surface area contributed by atoms with Gasteiger partial charge in [0.2, 0.25) is 0 Å². The quantitative estimate of drug-likeness (QED) is 0.590. The molecule has 1 saturated heterocycles. The first kappa shape index (κ1) is 20.1. The molecule has 1 aliphatic heterocycles. The minimum atomic E-state index is -0.125. The highest BCUT2D eigenvalue weighted by atomic mass is 35.5. The SMILES string of the molecule is CC(C)N1CC(c2ncc(-c3ccc(CNC(=O)c4cccc(Cl)c4)cc3)s2)C1. The van der Waals surface area contributed by atoms with Crippen molar-refractivity contribution in [3.63, 3.8) is 0 Å². The number of benzene rings is 2. The fourth-order valence-electron chi connectivity index (χ4n) is 3.40. The van der Waals surface area contributed by atoms with Crippen molar-refractivity contribution in [1.29, 1.82) is 0 Å². The van der Waals surface area contributed by atoms with Crippen molar-refractivity contribution in [2.45, 2.75) is 32.4 Å². The molecule has 1 N–H and O–H groups in total. The Bertz CT molecular complexity index is 993. The smallest absolute Gasteiger partial charge is 0.251 e. The van der Waals surface area contributed by atoms with E-state index < -0.39 is 0 Å². The van der Waals surface area contributed by atoms with Gasteiger partial charge in [-0.25, -0.2) is 4.98 Å². The van der Waals surface area contributed by atoms with Crippen molar-refractivity contribution < 1.29 is 4.79 Å². The molecular weight excluding hydrogens is 402 g/mol. The largest absolute Gasteiger partial charge is 0.348 e. The molecule has 2 heterocycles. The minimum absolute atomic E-state index is 0.125. The third kappa shape index (κ3) is 4.69. The highest BCUT2D eigenvalue weighted by Gasteiger charge is 2.31. The van der Waals surface area contributed by atoms with Gasteiger partial charge in [-0.1, -0.05) is 41.9 Å². The Morgan fingerprint density at radius 1 is 1.24 bits per heavy atom. The van der Waals surface area contributed by atoms with Gasteiger partial charge in [0, 0.05) is 48.4 Å². The number of rotatable bonds is 6. The van der Waals surface area contributed by atoms with Crippen LogP contribution in [0.3, 0.4) is 0 Å². The lowest BCUT2D eigenvalue weighted by molar-refractivity contribution is 0.0951. The molecular formula is C23H24ClN3OS. The maximum atomic E-state index is 12.2. The van der Waals surface area contributed by atoms with Crippen molar-refractivity contribution in [1.82, 2.24) is 15.2 Å². The van der Waals surface area contributed by atoms with E-state index in [2.05, 4.69) is 53.3 Å². The first-order valence-corrected chi connectivity index (χ1v) is 11.0. The molecule has 0 atom stereocenters. The van der Waals surface area contributed by atoms with Crippen LogP contribution in [0.5, 0.6) is 0 Å². The Morgan fingerprint density at radius 2 is 2.00 bits per heavy atom. The summed E-state index contributed by atoms with van der Waals surface area (Å²) < 4.78 is 0. The molecule has 1 fully saturated rings. The number of aromatic nitrogens is 1. The second-order valence-corrected chi connectivity index (χ2v) is 9.20. The molecule has 0 unspecified atom stereocenters. The van der Waals surface area contributed by atoms with Gasteiger partial charge in [-0.15, -0.1) is 11.3 Å². The molecule has 0 saturated carbocycles. The van der Waals surface area contributed by atoms with Gasteiger partial charge in [-0.2, -0.15) is 0 Å². The summed E-state index contributed by atoms with van der Waals surface area (Å²) in [5.41, 5.74) is 2.79. The average molecular weight is 426 g/mol. The van der Waals surface area contributed by atoms with Crippen molar-refractivity contribution in [2.75, 3.05) is 13.1 Å². The van der Waals surface area contributed by atoms with Crippen LogP contribution >= 0.6 is 22.9 Å². The van der Waals surface area contributed by atoms with Crippen LogP contribution in [0.15, 0.2) is 54.7 Å². The number of amides is 1. The third-order valence-electron chi connectivity index (χ3n) is 5.29. The second-order valence-electron chi connectivity index (χ2n) is 7.70.